The molecule has 0 atom stereocenters. The Kier molecular flexibility index (Phi) is 10.1. The average molecular weight is 354 g/mol. The third-order valence-electron chi connectivity index (χ3n) is 3.56. The fraction of sp³-hybridized carbons (Fsp3) is 0.368. The predicted octanol–water partition coefficient (Wildman–Crippen LogP) is 4.08. The molecule has 2 rings (SSSR count). The van der Waals surface area contributed by atoms with Crippen molar-refractivity contribution in [1.29, 1.82) is 0 Å². The molecule has 5 heteroatoms. The summed E-state index contributed by atoms with van der Waals surface area (Å²) in [7, 11) is 0. The molecule has 2 aromatic rings. The third kappa shape index (κ3) is 7.77. The fourth-order valence-electron chi connectivity index (χ4n) is 2.26. The summed E-state index contributed by atoms with van der Waals surface area (Å²) < 4.78 is 18.6. The van der Waals surface area contributed by atoms with Gasteiger partial charge in [0.25, 0.3) is 0 Å². The lowest BCUT2D eigenvalue weighted by atomic mass is 10.2. The minimum Gasteiger partial charge on any atom is -0.489 e. The second-order valence-electron chi connectivity index (χ2n) is 5.52. The van der Waals surface area contributed by atoms with Gasteiger partial charge in [-0.15, -0.1) is 12.4 Å². The van der Waals surface area contributed by atoms with Gasteiger partial charge in [-0.25, -0.2) is 4.39 Å². The van der Waals surface area contributed by atoms with Gasteiger partial charge in [0.1, 0.15) is 18.2 Å². The molecule has 132 valence electrons. The predicted molar refractivity (Wildman–Crippen MR) is 97.1 cm³/mol. The van der Waals surface area contributed by atoms with Crippen molar-refractivity contribution in [3.05, 3.63) is 65.5 Å². The maximum Gasteiger partial charge on any atom is 0.123 e. The van der Waals surface area contributed by atoms with E-state index in [-0.39, 0.29) is 24.8 Å². The van der Waals surface area contributed by atoms with E-state index in [0.717, 1.165) is 43.7 Å². The summed E-state index contributed by atoms with van der Waals surface area (Å²) >= 11 is 0. The van der Waals surface area contributed by atoms with E-state index in [1.807, 2.05) is 18.2 Å². The van der Waals surface area contributed by atoms with Crippen molar-refractivity contribution in [2.75, 3.05) is 13.2 Å². The van der Waals surface area contributed by atoms with Crippen LogP contribution in [0.5, 0.6) is 5.75 Å². The number of ether oxygens (including phenoxy) is 1. The molecule has 2 N–H and O–H groups in total. The highest BCUT2D eigenvalue weighted by atomic mass is 35.5. The number of unbranched alkanes of at least 4 members (excludes halogenated alkanes) is 2. The van der Waals surface area contributed by atoms with Crippen LogP contribution in [0, 0.1) is 5.82 Å². The minimum atomic E-state index is -0.235. The smallest absolute Gasteiger partial charge is 0.123 e. The van der Waals surface area contributed by atoms with E-state index in [0.29, 0.717) is 6.61 Å². The second kappa shape index (κ2) is 11.8. The van der Waals surface area contributed by atoms with Crippen molar-refractivity contribution in [1.82, 2.24) is 5.32 Å². The third-order valence-corrected chi connectivity index (χ3v) is 3.56. The zero-order valence-corrected chi connectivity index (χ0v) is 14.5. The zero-order chi connectivity index (χ0) is 16.3. The van der Waals surface area contributed by atoms with Crippen LogP contribution in [-0.2, 0) is 13.2 Å². The Balaban J connectivity index is 0.00000288. The van der Waals surface area contributed by atoms with Gasteiger partial charge in [-0.3, -0.25) is 0 Å². The Labute approximate surface area is 149 Å². The molecular formula is C19H25ClFNO2. The lowest BCUT2D eigenvalue weighted by Crippen LogP contribution is -2.14. The van der Waals surface area contributed by atoms with Crippen LogP contribution < -0.4 is 10.1 Å². The van der Waals surface area contributed by atoms with Gasteiger partial charge in [-0.2, -0.15) is 0 Å². The van der Waals surface area contributed by atoms with Crippen molar-refractivity contribution in [3.63, 3.8) is 0 Å². The van der Waals surface area contributed by atoms with Gasteiger partial charge in [0.15, 0.2) is 0 Å². The summed E-state index contributed by atoms with van der Waals surface area (Å²) in [4.78, 5) is 0. The van der Waals surface area contributed by atoms with E-state index < -0.39 is 0 Å². The summed E-state index contributed by atoms with van der Waals surface area (Å²) in [5.74, 6) is 0.578. The standard InChI is InChI=1S/C19H24FNO2.ClH/c20-18-9-7-16(8-10-18)15-23-19-6-4-5-17(13-19)14-21-11-2-1-3-12-22;/h4-10,13,21-22H,1-3,11-12,14-15H2;1H. The zero-order valence-electron chi connectivity index (χ0n) is 13.7. The van der Waals surface area contributed by atoms with Crippen LogP contribution in [-0.4, -0.2) is 18.3 Å². The van der Waals surface area contributed by atoms with Crippen LogP contribution >= 0.6 is 12.4 Å². The molecule has 0 aliphatic rings. The highest BCUT2D eigenvalue weighted by Gasteiger charge is 1.99. The van der Waals surface area contributed by atoms with Gasteiger partial charge in [0, 0.05) is 13.2 Å². The van der Waals surface area contributed by atoms with E-state index in [1.165, 1.54) is 17.7 Å². The molecule has 0 fully saturated rings. The summed E-state index contributed by atoms with van der Waals surface area (Å²) in [5, 5.41) is 12.1. The van der Waals surface area contributed by atoms with Crippen molar-refractivity contribution >= 4 is 12.4 Å². The van der Waals surface area contributed by atoms with Gasteiger partial charge < -0.3 is 15.2 Å². The van der Waals surface area contributed by atoms with Crippen molar-refractivity contribution in [2.45, 2.75) is 32.4 Å². The van der Waals surface area contributed by atoms with Gasteiger partial charge in [-0.05, 0) is 61.2 Å². The number of rotatable bonds is 10. The molecule has 0 saturated carbocycles. The molecule has 0 aliphatic heterocycles. The lowest BCUT2D eigenvalue weighted by Gasteiger charge is -2.09. The molecule has 0 aromatic heterocycles. The molecule has 0 spiro atoms. The summed E-state index contributed by atoms with van der Waals surface area (Å²) in [5.41, 5.74) is 2.11. The molecule has 0 aliphatic carbocycles. The highest BCUT2D eigenvalue weighted by molar-refractivity contribution is 5.85. The summed E-state index contributed by atoms with van der Waals surface area (Å²) in [6, 6.07) is 14.3. The van der Waals surface area contributed by atoms with Gasteiger partial charge in [-0.1, -0.05) is 24.3 Å². The maximum atomic E-state index is 12.9. The van der Waals surface area contributed by atoms with Gasteiger partial charge >= 0.3 is 0 Å². The van der Waals surface area contributed by atoms with E-state index in [1.54, 1.807) is 12.1 Å². The summed E-state index contributed by atoms with van der Waals surface area (Å²) in [6.45, 7) is 2.44. The molecule has 3 nitrogen and oxygen atoms in total. The largest absolute Gasteiger partial charge is 0.489 e. The minimum absolute atomic E-state index is 0. The number of aliphatic hydroxyl groups excluding tert-OH is 1. The van der Waals surface area contributed by atoms with Crippen molar-refractivity contribution < 1.29 is 14.2 Å². The topological polar surface area (TPSA) is 41.5 Å². The Morgan fingerprint density at radius 1 is 0.958 bits per heavy atom. The molecular weight excluding hydrogens is 329 g/mol. The van der Waals surface area contributed by atoms with E-state index in [9.17, 15) is 4.39 Å². The maximum absolute atomic E-state index is 12.9. The summed E-state index contributed by atoms with van der Waals surface area (Å²) in [6.07, 6.45) is 2.99. The van der Waals surface area contributed by atoms with Crippen molar-refractivity contribution in [3.8, 4) is 5.75 Å². The monoisotopic (exact) mass is 353 g/mol. The first-order valence-electron chi connectivity index (χ1n) is 8.05. The highest BCUT2D eigenvalue weighted by Crippen LogP contribution is 2.15. The second-order valence-corrected chi connectivity index (χ2v) is 5.52. The van der Waals surface area contributed by atoms with Crippen LogP contribution in [0.4, 0.5) is 4.39 Å². The number of benzene rings is 2. The number of aliphatic hydroxyl groups is 1. The number of nitrogens with one attached hydrogen (secondary N) is 1. The fourth-order valence-corrected chi connectivity index (χ4v) is 2.26. The Morgan fingerprint density at radius 2 is 1.75 bits per heavy atom. The molecule has 0 radical (unpaired) electrons. The normalized spacial score (nSPS) is 10.2. The lowest BCUT2D eigenvalue weighted by molar-refractivity contribution is 0.283. The van der Waals surface area contributed by atoms with Gasteiger partial charge in [0.05, 0.1) is 0 Å². The SMILES string of the molecule is Cl.OCCCCCNCc1cccc(OCc2ccc(F)cc2)c1. The van der Waals surface area contributed by atoms with Crippen molar-refractivity contribution in [2.24, 2.45) is 0 Å². The Bertz CT molecular complexity index is 578. The molecule has 2 aromatic carbocycles. The quantitative estimate of drug-likeness (QED) is 0.632. The molecule has 0 saturated heterocycles. The van der Waals surface area contributed by atoms with E-state index in [4.69, 9.17) is 9.84 Å². The van der Waals surface area contributed by atoms with Crippen LogP contribution in [0.3, 0.4) is 0 Å². The van der Waals surface area contributed by atoms with Crippen LogP contribution in [0.25, 0.3) is 0 Å². The first-order chi connectivity index (χ1) is 11.3. The number of hydrogen-bond donors (Lipinski definition) is 2. The molecule has 0 amide bonds. The first kappa shape index (κ1) is 20.4. The van der Waals surface area contributed by atoms with E-state index >= 15 is 0 Å². The Hall–Kier alpha value is -1.62. The molecule has 0 bridgehead atoms. The molecule has 0 unspecified atom stereocenters. The first-order valence-corrected chi connectivity index (χ1v) is 8.05. The molecule has 24 heavy (non-hydrogen) atoms. The number of halogens is 2. The van der Waals surface area contributed by atoms with E-state index in [2.05, 4.69) is 11.4 Å². The van der Waals surface area contributed by atoms with Crippen LogP contribution in [0.15, 0.2) is 48.5 Å². The number of hydrogen-bond acceptors (Lipinski definition) is 3. The van der Waals surface area contributed by atoms with Gasteiger partial charge in [0.2, 0.25) is 0 Å². The average Bonchev–Trinajstić information content (AvgIpc) is 2.58. The molecule has 0 heterocycles. The Morgan fingerprint density at radius 3 is 2.50 bits per heavy atom. The van der Waals surface area contributed by atoms with Crippen LogP contribution in [0.1, 0.15) is 30.4 Å². The van der Waals surface area contributed by atoms with Crippen LogP contribution in [0.2, 0.25) is 0 Å².